The highest BCUT2D eigenvalue weighted by Crippen LogP contribution is 2.31. The van der Waals surface area contributed by atoms with Crippen molar-refractivity contribution in [3.63, 3.8) is 0 Å². The molecule has 2 atom stereocenters. The van der Waals surface area contributed by atoms with Gasteiger partial charge in [0.2, 0.25) is 0 Å². The lowest BCUT2D eigenvalue weighted by Crippen LogP contribution is -2.42. The van der Waals surface area contributed by atoms with Crippen molar-refractivity contribution in [1.82, 2.24) is 15.5 Å². The van der Waals surface area contributed by atoms with Gasteiger partial charge in [0.25, 0.3) is 0 Å². The third kappa shape index (κ3) is 6.65. The first-order valence-corrected chi connectivity index (χ1v) is 10.9. The van der Waals surface area contributed by atoms with Crippen molar-refractivity contribution in [2.24, 2.45) is 4.99 Å². The summed E-state index contributed by atoms with van der Waals surface area (Å²) < 4.78 is 10.8. The van der Waals surface area contributed by atoms with Gasteiger partial charge in [-0.2, -0.15) is 11.3 Å². The molecule has 0 saturated carbocycles. The summed E-state index contributed by atoms with van der Waals surface area (Å²) in [5, 5.41) is 11.2. The second-order valence-electron chi connectivity index (χ2n) is 7.15. The van der Waals surface area contributed by atoms with E-state index in [1.807, 2.05) is 12.1 Å². The van der Waals surface area contributed by atoms with Gasteiger partial charge in [0.1, 0.15) is 0 Å². The molecule has 0 aliphatic heterocycles. The van der Waals surface area contributed by atoms with Gasteiger partial charge in [-0.05, 0) is 61.1 Å². The van der Waals surface area contributed by atoms with Crippen LogP contribution < -0.4 is 20.1 Å². The fourth-order valence-electron chi connectivity index (χ4n) is 3.08. The van der Waals surface area contributed by atoms with E-state index in [-0.39, 0.29) is 6.04 Å². The predicted octanol–water partition coefficient (Wildman–Crippen LogP) is 3.73. The van der Waals surface area contributed by atoms with Crippen LogP contribution in [-0.4, -0.2) is 58.8 Å². The Hall–Kier alpha value is -2.25. The molecule has 0 saturated heterocycles. The van der Waals surface area contributed by atoms with Gasteiger partial charge in [-0.3, -0.25) is 4.99 Å². The summed E-state index contributed by atoms with van der Waals surface area (Å²) >= 11 is 1.73. The molecule has 160 valence electrons. The van der Waals surface area contributed by atoms with Gasteiger partial charge in [-0.1, -0.05) is 13.0 Å². The minimum absolute atomic E-state index is 0.160. The van der Waals surface area contributed by atoms with Crippen molar-refractivity contribution >= 4 is 17.3 Å². The normalized spacial score (nSPS) is 13.8. The van der Waals surface area contributed by atoms with Crippen LogP contribution in [0.5, 0.6) is 11.5 Å². The van der Waals surface area contributed by atoms with Crippen molar-refractivity contribution in [2.75, 3.05) is 47.9 Å². The summed E-state index contributed by atoms with van der Waals surface area (Å²) in [5.41, 5.74) is 2.49. The number of ether oxygens (including phenoxy) is 2. The second kappa shape index (κ2) is 11.7. The molecule has 0 aliphatic carbocycles. The van der Waals surface area contributed by atoms with E-state index in [9.17, 15) is 0 Å². The number of likely N-dealkylation sites (N-methyl/N-ethyl adjacent to an activating group) is 1. The highest BCUT2D eigenvalue weighted by molar-refractivity contribution is 7.07. The largest absolute Gasteiger partial charge is 0.493 e. The second-order valence-corrected chi connectivity index (χ2v) is 7.93. The topological polar surface area (TPSA) is 58.1 Å². The number of benzene rings is 1. The molecule has 0 radical (unpaired) electrons. The Bertz CT molecular complexity index is 762. The van der Waals surface area contributed by atoms with Crippen molar-refractivity contribution in [2.45, 2.75) is 25.8 Å². The zero-order valence-electron chi connectivity index (χ0n) is 18.4. The van der Waals surface area contributed by atoms with Crippen LogP contribution in [0, 0.1) is 0 Å². The van der Waals surface area contributed by atoms with Gasteiger partial charge >= 0.3 is 0 Å². The standard InChI is InChI=1S/C22H34N4O2S/c1-7-23-22(24-13-16(2)18-10-11-29-15-18)25-14-19(26(3)4)17-8-9-20(27-5)21(12-17)28-6/h8-12,15-16,19H,7,13-14H2,1-6H3,(H2,23,24,25). The molecule has 6 nitrogen and oxygen atoms in total. The van der Waals surface area contributed by atoms with Crippen LogP contribution in [0.15, 0.2) is 40.0 Å². The van der Waals surface area contributed by atoms with Crippen LogP contribution in [0.1, 0.15) is 36.9 Å². The highest BCUT2D eigenvalue weighted by Gasteiger charge is 2.17. The predicted molar refractivity (Wildman–Crippen MR) is 123 cm³/mol. The van der Waals surface area contributed by atoms with Crippen LogP contribution in [0.25, 0.3) is 0 Å². The maximum atomic E-state index is 5.47. The number of nitrogens with zero attached hydrogens (tertiary/aromatic N) is 2. The molecule has 2 rings (SSSR count). The van der Waals surface area contributed by atoms with Crippen LogP contribution in [0.3, 0.4) is 0 Å². The molecule has 0 aliphatic rings. The third-order valence-electron chi connectivity index (χ3n) is 4.86. The van der Waals surface area contributed by atoms with Crippen molar-refractivity contribution in [1.29, 1.82) is 0 Å². The molecule has 2 unspecified atom stereocenters. The Labute approximate surface area is 178 Å². The molecule has 7 heteroatoms. The van der Waals surface area contributed by atoms with Crippen LogP contribution >= 0.6 is 11.3 Å². The van der Waals surface area contributed by atoms with E-state index in [1.165, 1.54) is 5.56 Å². The molecule has 0 fully saturated rings. The maximum Gasteiger partial charge on any atom is 0.191 e. The molecule has 2 aromatic rings. The molecular weight excluding hydrogens is 384 g/mol. The molecule has 29 heavy (non-hydrogen) atoms. The number of nitrogens with one attached hydrogen (secondary N) is 2. The van der Waals surface area contributed by atoms with E-state index in [0.29, 0.717) is 5.92 Å². The fraction of sp³-hybridized carbons (Fsp3) is 0.500. The zero-order valence-corrected chi connectivity index (χ0v) is 19.2. The average molecular weight is 419 g/mol. The van der Waals surface area contributed by atoms with E-state index < -0.39 is 0 Å². The molecule has 1 aromatic carbocycles. The summed E-state index contributed by atoms with van der Waals surface area (Å²) in [6.07, 6.45) is 0. The number of hydrogen-bond donors (Lipinski definition) is 2. The number of guanidine groups is 1. The summed E-state index contributed by atoms with van der Waals surface area (Å²) in [6, 6.07) is 8.40. The Morgan fingerprint density at radius 1 is 1.10 bits per heavy atom. The summed E-state index contributed by atoms with van der Waals surface area (Å²) in [6.45, 7) is 6.58. The van der Waals surface area contributed by atoms with Crippen LogP contribution in [-0.2, 0) is 0 Å². The first-order valence-electron chi connectivity index (χ1n) is 9.92. The summed E-state index contributed by atoms with van der Waals surface area (Å²) in [4.78, 5) is 6.98. The summed E-state index contributed by atoms with van der Waals surface area (Å²) in [7, 11) is 7.46. The van der Waals surface area contributed by atoms with Crippen molar-refractivity contribution < 1.29 is 9.47 Å². The van der Waals surface area contributed by atoms with E-state index in [1.54, 1.807) is 25.6 Å². The SMILES string of the molecule is CCNC(=NCC(C)c1ccsc1)NCC(c1ccc(OC)c(OC)c1)N(C)C. The third-order valence-corrected chi connectivity index (χ3v) is 5.56. The maximum absolute atomic E-state index is 5.47. The fourth-order valence-corrected chi connectivity index (χ4v) is 3.87. The molecule has 2 N–H and O–H groups in total. The van der Waals surface area contributed by atoms with Gasteiger partial charge in [0.15, 0.2) is 17.5 Å². The monoisotopic (exact) mass is 418 g/mol. The Morgan fingerprint density at radius 2 is 1.86 bits per heavy atom. The minimum atomic E-state index is 0.160. The summed E-state index contributed by atoms with van der Waals surface area (Å²) in [5.74, 6) is 2.70. The Morgan fingerprint density at radius 3 is 2.45 bits per heavy atom. The van der Waals surface area contributed by atoms with Crippen molar-refractivity contribution in [3.05, 3.63) is 46.2 Å². The lowest BCUT2D eigenvalue weighted by atomic mass is 10.0. The number of rotatable bonds is 10. The Balaban J connectivity index is 2.09. The van der Waals surface area contributed by atoms with Gasteiger partial charge < -0.3 is 25.0 Å². The number of methoxy groups -OCH3 is 2. The van der Waals surface area contributed by atoms with Gasteiger partial charge in [0.05, 0.1) is 20.3 Å². The first-order chi connectivity index (χ1) is 14.0. The molecule has 1 aromatic heterocycles. The number of thiophene rings is 1. The Kier molecular flexibility index (Phi) is 9.28. The average Bonchev–Trinajstić information content (AvgIpc) is 3.26. The smallest absolute Gasteiger partial charge is 0.191 e. The van der Waals surface area contributed by atoms with Crippen molar-refractivity contribution in [3.8, 4) is 11.5 Å². The van der Waals surface area contributed by atoms with Crippen LogP contribution in [0.2, 0.25) is 0 Å². The molecular formula is C22H34N4O2S. The van der Waals surface area contributed by atoms with Gasteiger partial charge in [-0.25, -0.2) is 0 Å². The van der Waals surface area contributed by atoms with E-state index >= 15 is 0 Å². The minimum Gasteiger partial charge on any atom is -0.493 e. The van der Waals surface area contributed by atoms with E-state index in [0.717, 1.165) is 42.7 Å². The lowest BCUT2D eigenvalue weighted by molar-refractivity contribution is 0.295. The molecule has 0 amide bonds. The van der Waals surface area contributed by atoms with E-state index in [4.69, 9.17) is 14.5 Å². The zero-order chi connectivity index (χ0) is 21.2. The first kappa shape index (κ1) is 23.0. The number of aliphatic imine (C=N–C) groups is 1. The lowest BCUT2D eigenvalue weighted by Gasteiger charge is -2.26. The van der Waals surface area contributed by atoms with E-state index in [2.05, 4.69) is 66.4 Å². The molecule has 1 heterocycles. The highest BCUT2D eigenvalue weighted by atomic mass is 32.1. The quantitative estimate of drug-likeness (QED) is 0.455. The molecule has 0 bridgehead atoms. The molecule has 0 spiro atoms. The number of hydrogen-bond acceptors (Lipinski definition) is 5. The van der Waals surface area contributed by atoms with Gasteiger partial charge in [-0.15, -0.1) is 0 Å². The van der Waals surface area contributed by atoms with Crippen LogP contribution in [0.4, 0.5) is 0 Å². The van der Waals surface area contributed by atoms with Gasteiger partial charge in [0, 0.05) is 25.6 Å².